The number of hydrogen-bond acceptors (Lipinski definition) is 4. The van der Waals surface area contributed by atoms with Crippen molar-refractivity contribution in [1.29, 1.82) is 0 Å². The van der Waals surface area contributed by atoms with Crippen LogP contribution in [-0.2, 0) is 9.59 Å². The van der Waals surface area contributed by atoms with Gasteiger partial charge in [-0.15, -0.1) is 23.5 Å². The van der Waals surface area contributed by atoms with E-state index in [0.717, 1.165) is 21.0 Å². The highest BCUT2D eigenvalue weighted by atomic mass is 32.2. The van der Waals surface area contributed by atoms with Crippen molar-refractivity contribution in [1.82, 2.24) is 4.90 Å². The molecule has 1 N–H and O–H groups in total. The van der Waals surface area contributed by atoms with Crippen LogP contribution >= 0.6 is 23.5 Å². The molecule has 0 saturated heterocycles. The van der Waals surface area contributed by atoms with Crippen LogP contribution in [0.25, 0.3) is 0 Å². The molecule has 138 valence electrons. The van der Waals surface area contributed by atoms with Gasteiger partial charge in [0.2, 0.25) is 11.8 Å². The summed E-state index contributed by atoms with van der Waals surface area (Å²) >= 11 is 3.08. The van der Waals surface area contributed by atoms with Gasteiger partial charge >= 0.3 is 0 Å². The molecular formula is C20H24N2O2S2. The van der Waals surface area contributed by atoms with Crippen LogP contribution in [0.5, 0.6) is 0 Å². The summed E-state index contributed by atoms with van der Waals surface area (Å²) in [5, 5.41) is 2.88. The van der Waals surface area contributed by atoms with E-state index in [4.69, 9.17) is 0 Å². The molecule has 26 heavy (non-hydrogen) atoms. The van der Waals surface area contributed by atoms with E-state index in [2.05, 4.69) is 23.5 Å². The largest absolute Gasteiger partial charge is 0.336 e. The molecule has 4 nitrogen and oxygen atoms in total. The first-order valence-corrected chi connectivity index (χ1v) is 10.5. The number of amides is 2. The van der Waals surface area contributed by atoms with Crippen LogP contribution in [-0.4, -0.2) is 42.3 Å². The molecule has 0 saturated carbocycles. The summed E-state index contributed by atoms with van der Waals surface area (Å²) in [4.78, 5) is 28.2. The number of benzene rings is 2. The summed E-state index contributed by atoms with van der Waals surface area (Å²) < 4.78 is 0. The molecule has 0 heterocycles. The van der Waals surface area contributed by atoms with Crippen molar-refractivity contribution < 1.29 is 9.59 Å². The van der Waals surface area contributed by atoms with E-state index in [9.17, 15) is 9.59 Å². The molecule has 0 fully saturated rings. The minimum atomic E-state index is -0.195. The van der Waals surface area contributed by atoms with E-state index in [-0.39, 0.29) is 18.4 Å². The fourth-order valence-corrected chi connectivity index (χ4v) is 3.97. The maximum Gasteiger partial charge on any atom is 0.244 e. The van der Waals surface area contributed by atoms with Crippen molar-refractivity contribution in [2.75, 3.05) is 30.9 Å². The highest BCUT2D eigenvalue weighted by Crippen LogP contribution is 2.25. The molecule has 2 rings (SSSR count). The minimum absolute atomic E-state index is 0.0366. The number of thioether (sulfide) groups is 2. The summed E-state index contributed by atoms with van der Waals surface area (Å²) in [5.41, 5.74) is 3.10. The number of nitrogens with one attached hydrogen (secondary N) is 1. The molecule has 0 aliphatic rings. The number of hydrogen-bond donors (Lipinski definition) is 1. The highest BCUT2D eigenvalue weighted by molar-refractivity contribution is 8.00. The summed E-state index contributed by atoms with van der Waals surface area (Å²) in [5.74, 6) is 0.0541. The number of carbonyl (C=O) groups is 2. The maximum absolute atomic E-state index is 12.3. The van der Waals surface area contributed by atoms with Crippen molar-refractivity contribution in [3.8, 4) is 0 Å². The second-order valence-corrected chi connectivity index (χ2v) is 7.92. The van der Waals surface area contributed by atoms with E-state index in [1.165, 1.54) is 22.2 Å². The molecule has 0 radical (unpaired) electrons. The molecule has 0 unspecified atom stereocenters. The Morgan fingerprint density at radius 3 is 2.54 bits per heavy atom. The Kier molecular flexibility index (Phi) is 7.60. The number of aryl methyl sites for hydroxylation is 2. The quantitative estimate of drug-likeness (QED) is 0.722. The summed E-state index contributed by atoms with van der Waals surface area (Å²) in [6, 6.07) is 13.8. The molecule has 2 aromatic carbocycles. The summed E-state index contributed by atoms with van der Waals surface area (Å²) in [6.07, 6.45) is 1.96. The standard InChI is InChI=1S/C20H24N2O2S2/c1-14-9-10-15(2)18(11-14)26-13-20(24)22(3)12-19(23)21-16-7-5-6-8-17(16)25-4/h5-11H,12-13H2,1-4H3,(H,21,23). The van der Waals surface area contributed by atoms with Crippen LogP contribution < -0.4 is 5.32 Å². The van der Waals surface area contributed by atoms with Gasteiger partial charge in [-0.25, -0.2) is 0 Å². The Bertz CT molecular complexity index is 793. The predicted octanol–water partition coefficient (Wildman–Crippen LogP) is 4.21. The van der Waals surface area contributed by atoms with Crippen molar-refractivity contribution in [2.45, 2.75) is 23.6 Å². The minimum Gasteiger partial charge on any atom is -0.336 e. The van der Waals surface area contributed by atoms with E-state index in [1.807, 2.05) is 44.4 Å². The van der Waals surface area contributed by atoms with Gasteiger partial charge in [-0.3, -0.25) is 9.59 Å². The molecule has 0 spiro atoms. The van der Waals surface area contributed by atoms with Crippen molar-refractivity contribution in [2.24, 2.45) is 0 Å². The number of anilines is 1. The van der Waals surface area contributed by atoms with Crippen molar-refractivity contribution in [3.05, 3.63) is 53.6 Å². The van der Waals surface area contributed by atoms with Crippen LogP contribution in [0.4, 0.5) is 5.69 Å². The maximum atomic E-state index is 12.3. The number of nitrogens with zero attached hydrogens (tertiary/aromatic N) is 1. The Hall–Kier alpha value is -1.92. The van der Waals surface area contributed by atoms with Gasteiger partial charge in [0.25, 0.3) is 0 Å². The lowest BCUT2D eigenvalue weighted by Gasteiger charge is -2.17. The fraction of sp³-hybridized carbons (Fsp3) is 0.300. The van der Waals surface area contributed by atoms with Crippen molar-refractivity contribution >= 4 is 41.0 Å². The molecule has 0 aromatic heterocycles. The van der Waals surface area contributed by atoms with E-state index in [0.29, 0.717) is 5.75 Å². The Balaban J connectivity index is 1.88. The van der Waals surface area contributed by atoms with Crippen LogP contribution in [0.15, 0.2) is 52.3 Å². The first kappa shape index (κ1) is 20.4. The second kappa shape index (κ2) is 9.69. The molecule has 0 aliphatic carbocycles. The van der Waals surface area contributed by atoms with Gasteiger partial charge in [0.15, 0.2) is 0 Å². The third-order valence-electron chi connectivity index (χ3n) is 3.88. The monoisotopic (exact) mass is 388 g/mol. The number of carbonyl (C=O) groups excluding carboxylic acids is 2. The molecule has 2 aromatic rings. The lowest BCUT2D eigenvalue weighted by molar-refractivity contribution is -0.131. The Morgan fingerprint density at radius 2 is 1.81 bits per heavy atom. The Morgan fingerprint density at radius 1 is 1.08 bits per heavy atom. The predicted molar refractivity (Wildman–Crippen MR) is 111 cm³/mol. The van der Waals surface area contributed by atoms with Gasteiger partial charge in [0.1, 0.15) is 0 Å². The molecule has 0 aliphatic heterocycles. The zero-order valence-electron chi connectivity index (χ0n) is 15.5. The molecular weight excluding hydrogens is 364 g/mol. The van der Waals surface area contributed by atoms with E-state index in [1.54, 1.807) is 18.8 Å². The zero-order valence-corrected chi connectivity index (χ0v) is 17.2. The van der Waals surface area contributed by atoms with Crippen LogP contribution in [0.2, 0.25) is 0 Å². The normalized spacial score (nSPS) is 10.5. The van der Waals surface area contributed by atoms with Crippen molar-refractivity contribution in [3.63, 3.8) is 0 Å². The van der Waals surface area contributed by atoms with Gasteiger partial charge in [0, 0.05) is 16.8 Å². The van der Waals surface area contributed by atoms with Gasteiger partial charge in [0.05, 0.1) is 18.0 Å². The smallest absolute Gasteiger partial charge is 0.244 e. The van der Waals surface area contributed by atoms with Gasteiger partial charge < -0.3 is 10.2 Å². The van der Waals surface area contributed by atoms with Crippen LogP contribution in [0.1, 0.15) is 11.1 Å². The SMILES string of the molecule is CSc1ccccc1NC(=O)CN(C)C(=O)CSc1cc(C)ccc1C. The van der Waals surface area contributed by atoms with E-state index >= 15 is 0 Å². The topological polar surface area (TPSA) is 49.4 Å². The molecule has 0 atom stereocenters. The van der Waals surface area contributed by atoms with Crippen LogP contribution in [0, 0.1) is 13.8 Å². The highest BCUT2D eigenvalue weighted by Gasteiger charge is 2.15. The lowest BCUT2D eigenvalue weighted by Crippen LogP contribution is -2.36. The molecule has 6 heteroatoms. The van der Waals surface area contributed by atoms with Gasteiger partial charge in [-0.1, -0.05) is 29.8 Å². The zero-order chi connectivity index (χ0) is 19.1. The van der Waals surface area contributed by atoms with E-state index < -0.39 is 0 Å². The van der Waals surface area contributed by atoms with Gasteiger partial charge in [-0.2, -0.15) is 0 Å². The summed E-state index contributed by atoms with van der Waals surface area (Å²) in [7, 11) is 1.66. The first-order chi connectivity index (χ1) is 12.4. The molecule has 0 bridgehead atoms. The summed E-state index contributed by atoms with van der Waals surface area (Å²) in [6.45, 7) is 4.11. The average Bonchev–Trinajstić information content (AvgIpc) is 2.62. The lowest BCUT2D eigenvalue weighted by atomic mass is 10.2. The number of likely N-dealkylation sites (N-methyl/N-ethyl adjacent to an activating group) is 1. The number of para-hydroxylation sites is 1. The van der Waals surface area contributed by atoms with Crippen LogP contribution in [0.3, 0.4) is 0 Å². The second-order valence-electron chi connectivity index (χ2n) is 6.06. The third kappa shape index (κ3) is 5.81. The fourth-order valence-electron chi connectivity index (χ4n) is 2.35. The number of rotatable bonds is 7. The first-order valence-electron chi connectivity index (χ1n) is 8.27. The Labute approximate surface area is 163 Å². The molecule has 2 amide bonds. The van der Waals surface area contributed by atoms with Gasteiger partial charge in [-0.05, 0) is 43.9 Å². The average molecular weight is 389 g/mol. The third-order valence-corrected chi connectivity index (χ3v) is 5.82.